The third kappa shape index (κ3) is 3.07. The lowest BCUT2D eigenvalue weighted by molar-refractivity contribution is -0.128. The van der Waals surface area contributed by atoms with Gasteiger partial charge in [0.1, 0.15) is 11.9 Å². The van der Waals surface area contributed by atoms with Crippen LogP contribution in [0.4, 0.5) is 4.39 Å². The van der Waals surface area contributed by atoms with Crippen LogP contribution in [0.3, 0.4) is 0 Å². The molecule has 7 heteroatoms. The van der Waals surface area contributed by atoms with Gasteiger partial charge in [-0.15, -0.1) is 0 Å². The zero-order valence-electron chi connectivity index (χ0n) is 15.9. The van der Waals surface area contributed by atoms with Gasteiger partial charge in [0.2, 0.25) is 15.9 Å². The summed E-state index contributed by atoms with van der Waals surface area (Å²) < 4.78 is 40.5. The lowest BCUT2D eigenvalue weighted by Gasteiger charge is -2.54. The molecule has 1 heterocycles. The van der Waals surface area contributed by atoms with Crippen molar-refractivity contribution < 1.29 is 17.6 Å². The maximum Gasteiger partial charge on any atom is 0.243 e. The molecule has 1 aromatic carbocycles. The summed E-state index contributed by atoms with van der Waals surface area (Å²) in [6.07, 6.45) is 7.40. The molecule has 5 nitrogen and oxygen atoms in total. The van der Waals surface area contributed by atoms with Gasteiger partial charge in [-0.25, -0.2) is 12.8 Å². The third-order valence-electron chi connectivity index (χ3n) is 7.46. The first-order chi connectivity index (χ1) is 13.4. The zero-order chi connectivity index (χ0) is 19.5. The van der Waals surface area contributed by atoms with E-state index in [1.165, 1.54) is 48.5 Å². The van der Waals surface area contributed by atoms with Crippen molar-refractivity contribution in [2.24, 2.45) is 23.7 Å². The predicted molar refractivity (Wildman–Crippen MR) is 102 cm³/mol. The number of halogens is 1. The predicted octanol–water partition coefficient (Wildman–Crippen LogP) is 2.92. The van der Waals surface area contributed by atoms with E-state index in [0.29, 0.717) is 31.2 Å². The van der Waals surface area contributed by atoms with Crippen LogP contribution in [0, 0.1) is 29.5 Å². The molecule has 0 aromatic heterocycles. The molecule has 4 aliphatic carbocycles. The van der Waals surface area contributed by atoms with Crippen molar-refractivity contribution in [2.75, 3.05) is 6.54 Å². The minimum Gasteiger partial charge on any atom is -0.351 e. The average molecular weight is 407 g/mol. The molecule has 1 unspecified atom stereocenters. The lowest BCUT2D eigenvalue weighted by atomic mass is 9.54. The second-order valence-corrected chi connectivity index (χ2v) is 11.1. The number of nitrogens with one attached hydrogen (secondary N) is 1. The largest absolute Gasteiger partial charge is 0.351 e. The van der Waals surface area contributed by atoms with E-state index < -0.39 is 21.9 Å². The smallest absolute Gasteiger partial charge is 0.243 e. The Morgan fingerprint density at radius 2 is 1.61 bits per heavy atom. The summed E-state index contributed by atoms with van der Waals surface area (Å²) in [6, 6.07) is 4.38. The minimum atomic E-state index is -3.80. The van der Waals surface area contributed by atoms with E-state index >= 15 is 0 Å². The van der Waals surface area contributed by atoms with E-state index in [-0.39, 0.29) is 16.8 Å². The molecule has 1 saturated heterocycles. The normalized spacial score (nSPS) is 37.3. The minimum absolute atomic E-state index is 0.0447. The van der Waals surface area contributed by atoms with Gasteiger partial charge < -0.3 is 5.32 Å². The monoisotopic (exact) mass is 406 g/mol. The summed E-state index contributed by atoms with van der Waals surface area (Å²) in [6.45, 7) is 0.333. The van der Waals surface area contributed by atoms with Crippen LogP contribution in [-0.2, 0) is 14.8 Å². The Labute approximate surface area is 165 Å². The average Bonchev–Trinajstić information content (AvgIpc) is 3.15. The highest BCUT2D eigenvalue weighted by Crippen LogP contribution is 2.53. The van der Waals surface area contributed by atoms with Gasteiger partial charge in [-0.1, -0.05) is 0 Å². The molecule has 5 fully saturated rings. The molecule has 0 radical (unpaired) electrons. The molecule has 4 bridgehead atoms. The van der Waals surface area contributed by atoms with Gasteiger partial charge in [-0.2, -0.15) is 4.31 Å². The molecule has 152 valence electrons. The number of benzene rings is 1. The Kier molecular flexibility index (Phi) is 4.51. The van der Waals surface area contributed by atoms with Crippen molar-refractivity contribution in [1.82, 2.24) is 9.62 Å². The van der Waals surface area contributed by atoms with Crippen LogP contribution in [0.25, 0.3) is 0 Å². The first-order valence-corrected chi connectivity index (χ1v) is 11.9. The summed E-state index contributed by atoms with van der Waals surface area (Å²) >= 11 is 0. The van der Waals surface area contributed by atoms with Crippen LogP contribution in [0.2, 0.25) is 0 Å². The summed E-state index contributed by atoms with van der Waals surface area (Å²) in [5, 5.41) is 3.26. The number of rotatable bonds is 4. The SMILES string of the molecule is O=C(NC1C2CC3CC(C2)CC1C3)C1CCCN1S(=O)(=O)c1ccc(F)cc1. The van der Waals surface area contributed by atoms with Crippen LogP contribution in [0.15, 0.2) is 29.2 Å². The molecule has 5 aliphatic rings. The highest BCUT2D eigenvalue weighted by molar-refractivity contribution is 7.89. The number of nitrogens with zero attached hydrogens (tertiary/aromatic N) is 1. The van der Waals surface area contributed by atoms with E-state index in [1.54, 1.807) is 0 Å². The van der Waals surface area contributed by atoms with Crippen LogP contribution in [-0.4, -0.2) is 37.3 Å². The number of carbonyl (C=O) groups excluding carboxylic acids is 1. The quantitative estimate of drug-likeness (QED) is 0.836. The van der Waals surface area contributed by atoms with Crippen molar-refractivity contribution >= 4 is 15.9 Å². The van der Waals surface area contributed by atoms with Crippen molar-refractivity contribution in [2.45, 2.75) is 61.9 Å². The fraction of sp³-hybridized carbons (Fsp3) is 0.667. The van der Waals surface area contributed by atoms with E-state index in [1.807, 2.05) is 0 Å². The zero-order valence-corrected chi connectivity index (χ0v) is 16.7. The summed E-state index contributed by atoms with van der Waals surface area (Å²) in [7, 11) is -3.80. The second-order valence-electron chi connectivity index (χ2n) is 9.19. The van der Waals surface area contributed by atoms with Crippen LogP contribution in [0.1, 0.15) is 44.9 Å². The highest BCUT2D eigenvalue weighted by Gasteiger charge is 2.49. The van der Waals surface area contributed by atoms with Crippen molar-refractivity contribution in [1.29, 1.82) is 0 Å². The van der Waals surface area contributed by atoms with E-state index in [4.69, 9.17) is 0 Å². The first kappa shape index (κ1) is 18.6. The molecule has 4 saturated carbocycles. The van der Waals surface area contributed by atoms with E-state index in [9.17, 15) is 17.6 Å². The van der Waals surface area contributed by atoms with Gasteiger partial charge in [-0.05, 0) is 92.9 Å². The Morgan fingerprint density at radius 3 is 2.21 bits per heavy atom. The molecular formula is C21H27FN2O3S. The molecule has 1 aliphatic heterocycles. The highest BCUT2D eigenvalue weighted by atomic mass is 32.2. The Balaban J connectivity index is 1.32. The molecule has 1 aromatic rings. The number of amides is 1. The molecule has 28 heavy (non-hydrogen) atoms. The Hall–Kier alpha value is -1.47. The topological polar surface area (TPSA) is 66.5 Å². The molecule has 1 N–H and O–H groups in total. The fourth-order valence-corrected chi connectivity index (χ4v) is 8.11. The maximum atomic E-state index is 13.2. The maximum absolute atomic E-state index is 13.2. The molecular weight excluding hydrogens is 379 g/mol. The standard InChI is InChI=1S/C21H27FN2O3S/c22-17-3-5-18(6-4-17)28(26,27)24-7-1-2-19(24)21(25)23-20-15-9-13-8-14(11-15)12-16(20)10-13/h3-6,13-16,19-20H,1-2,7-12H2,(H,23,25). The number of hydrogen-bond donors (Lipinski definition) is 1. The Morgan fingerprint density at radius 1 is 1.00 bits per heavy atom. The van der Waals surface area contributed by atoms with Gasteiger partial charge in [0.25, 0.3) is 0 Å². The second kappa shape index (κ2) is 6.80. The third-order valence-corrected chi connectivity index (χ3v) is 9.38. The first-order valence-electron chi connectivity index (χ1n) is 10.5. The molecule has 1 amide bonds. The van der Waals surface area contributed by atoms with Crippen LogP contribution < -0.4 is 5.32 Å². The number of sulfonamides is 1. The molecule has 0 spiro atoms. The van der Waals surface area contributed by atoms with Crippen molar-refractivity contribution in [3.05, 3.63) is 30.1 Å². The number of hydrogen-bond acceptors (Lipinski definition) is 3. The van der Waals surface area contributed by atoms with Gasteiger partial charge in [0, 0.05) is 12.6 Å². The van der Waals surface area contributed by atoms with Gasteiger partial charge in [0.05, 0.1) is 4.90 Å². The van der Waals surface area contributed by atoms with Crippen molar-refractivity contribution in [3.8, 4) is 0 Å². The summed E-state index contributed by atoms with van der Waals surface area (Å²) in [5.41, 5.74) is 0. The van der Waals surface area contributed by atoms with Crippen molar-refractivity contribution in [3.63, 3.8) is 0 Å². The molecule has 6 rings (SSSR count). The van der Waals surface area contributed by atoms with Gasteiger partial charge in [-0.3, -0.25) is 4.79 Å². The van der Waals surface area contributed by atoms with E-state index in [2.05, 4.69) is 5.32 Å². The summed E-state index contributed by atoms with van der Waals surface area (Å²) in [4.78, 5) is 13.1. The Bertz CT molecular complexity index is 842. The van der Waals surface area contributed by atoms with Gasteiger partial charge >= 0.3 is 0 Å². The van der Waals surface area contributed by atoms with Gasteiger partial charge in [0.15, 0.2) is 0 Å². The lowest BCUT2D eigenvalue weighted by Crippen LogP contribution is -2.58. The fourth-order valence-electron chi connectivity index (χ4n) is 6.45. The van der Waals surface area contributed by atoms with E-state index in [0.717, 1.165) is 24.0 Å². The van der Waals surface area contributed by atoms with Crippen LogP contribution in [0.5, 0.6) is 0 Å². The number of carbonyl (C=O) groups is 1. The molecule has 1 atom stereocenters. The van der Waals surface area contributed by atoms with Crippen LogP contribution >= 0.6 is 0 Å². The summed E-state index contributed by atoms with van der Waals surface area (Å²) in [5.74, 6) is 2.15.